The zero-order valence-electron chi connectivity index (χ0n) is 14.8. The Labute approximate surface area is 146 Å². The summed E-state index contributed by atoms with van der Waals surface area (Å²) in [7, 11) is 0. The van der Waals surface area contributed by atoms with Crippen molar-refractivity contribution in [1.29, 1.82) is 0 Å². The van der Waals surface area contributed by atoms with Crippen LogP contribution in [-0.4, -0.2) is 34.7 Å². The number of alkyl halides is 3. The minimum Gasteiger partial charge on any atom is -0.311 e. The van der Waals surface area contributed by atoms with E-state index in [9.17, 15) is 13.2 Å². The largest absolute Gasteiger partial charge is 0.416 e. The summed E-state index contributed by atoms with van der Waals surface area (Å²) in [4.78, 5) is 2.23. The maximum Gasteiger partial charge on any atom is 0.416 e. The van der Waals surface area contributed by atoms with Crippen molar-refractivity contribution in [3.63, 3.8) is 0 Å². The number of likely N-dealkylation sites (N-methyl/N-ethyl adjacent to an activating group) is 1. The third-order valence-electron chi connectivity index (χ3n) is 4.46. The molecule has 1 heterocycles. The first-order chi connectivity index (χ1) is 11.9. The molecule has 1 aromatic heterocycles. The molecular formula is C18H25F3N4. The summed E-state index contributed by atoms with van der Waals surface area (Å²) in [6, 6.07) is 5.50. The molecule has 0 amide bonds. The Kier molecular flexibility index (Phi) is 6.61. The van der Waals surface area contributed by atoms with Crippen molar-refractivity contribution < 1.29 is 13.2 Å². The lowest BCUT2D eigenvalue weighted by atomic mass is 10.0. The molecule has 0 aliphatic carbocycles. The van der Waals surface area contributed by atoms with Crippen LogP contribution in [0.25, 0.3) is 0 Å². The molecule has 2 aromatic rings. The zero-order chi connectivity index (χ0) is 18.4. The average molecular weight is 354 g/mol. The highest BCUT2D eigenvalue weighted by Gasteiger charge is 2.30. The number of benzene rings is 1. The molecule has 0 saturated heterocycles. The van der Waals surface area contributed by atoms with Crippen LogP contribution in [-0.2, 0) is 12.7 Å². The molecule has 1 atom stereocenters. The van der Waals surface area contributed by atoms with E-state index in [0.717, 1.165) is 42.0 Å². The Morgan fingerprint density at radius 3 is 2.28 bits per heavy atom. The van der Waals surface area contributed by atoms with Crippen LogP contribution in [0.1, 0.15) is 42.3 Å². The molecule has 7 heteroatoms. The number of nitrogens with one attached hydrogen (secondary N) is 2. The summed E-state index contributed by atoms with van der Waals surface area (Å²) in [6.07, 6.45) is -2.52. The van der Waals surface area contributed by atoms with E-state index in [-0.39, 0.29) is 6.04 Å². The minimum atomic E-state index is -4.31. The van der Waals surface area contributed by atoms with E-state index in [4.69, 9.17) is 0 Å². The molecule has 4 nitrogen and oxygen atoms in total. The molecule has 0 spiro atoms. The van der Waals surface area contributed by atoms with Gasteiger partial charge in [-0.3, -0.25) is 10.00 Å². The smallest absolute Gasteiger partial charge is 0.311 e. The van der Waals surface area contributed by atoms with Crippen molar-refractivity contribution in [2.45, 2.75) is 39.5 Å². The number of aryl methyl sites for hydroxylation is 1. The standard InChI is InChI=1S/C18H25F3N4/c1-4-25(5-2)17(12-22-10-15-11-23-24-13(15)3)14-6-8-16(9-7-14)18(19,20)21/h6-9,11,17,22H,4-5,10,12H2,1-3H3,(H,23,24). The van der Waals surface area contributed by atoms with Gasteiger partial charge in [-0.05, 0) is 37.7 Å². The zero-order valence-corrected chi connectivity index (χ0v) is 14.8. The number of aromatic nitrogens is 2. The van der Waals surface area contributed by atoms with Gasteiger partial charge in [-0.25, -0.2) is 0 Å². The Hall–Kier alpha value is -1.86. The van der Waals surface area contributed by atoms with Gasteiger partial charge in [0.1, 0.15) is 0 Å². The Balaban J connectivity index is 2.11. The van der Waals surface area contributed by atoms with Crippen LogP contribution in [0.2, 0.25) is 0 Å². The molecule has 2 N–H and O–H groups in total. The van der Waals surface area contributed by atoms with Gasteiger partial charge >= 0.3 is 6.18 Å². The first kappa shape index (κ1) is 19.5. The average Bonchev–Trinajstić information content (AvgIpc) is 2.99. The van der Waals surface area contributed by atoms with E-state index in [2.05, 4.69) is 34.3 Å². The van der Waals surface area contributed by atoms with Gasteiger partial charge in [-0.2, -0.15) is 18.3 Å². The highest BCUT2D eigenvalue weighted by atomic mass is 19.4. The number of hydrogen-bond acceptors (Lipinski definition) is 3. The lowest BCUT2D eigenvalue weighted by molar-refractivity contribution is -0.137. The van der Waals surface area contributed by atoms with Gasteiger partial charge in [0, 0.05) is 30.4 Å². The lowest BCUT2D eigenvalue weighted by Crippen LogP contribution is -2.35. The van der Waals surface area contributed by atoms with Crippen molar-refractivity contribution in [2.75, 3.05) is 19.6 Å². The molecule has 1 aromatic carbocycles. The summed E-state index contributed by atoms with van der Waals surface area (Å²) in [5.41, 5.74) is 2.37. The topological polar surface area (TPSA) is 44.0 Å². The fourth-order valence-corrected chi connectivity index (χ4v) is 2.91. The summed E-state index contributed by atoms with van der Waals surface area (Å²) in [5.74, 6) is 0. The van der Waals surface area contributed by atoms with Crippen LogP contribution >= 0.6 is 0 Å². The van der Waals surface area contributed by atoms with Gasteiger partial charge in [-0.1, -0.05) is 26.0 Å². The number of rotatable bonds is 8. The van der Waals surface area contributed by atoms with E-state index >= 15 is 0 Å². The van der Waals surface area contributed by atoms with Crippen LogP contribution < -0.4 is 5.32 Å². The normalized spacial score (nSPS) is 13.4. The molecule has 0 radical (unpaired) electrons. The van der Waals surface area contributed by atoms with Crippen LogP contribution in [0, 0.1) is 6.92 Å². The monoisotopic (exact) mass is 354 g/mol. The predicted octanol–water partition coefficient (Wildman–Crippen LogP) is 3.91. The molecule has 0 saturated carbocycles. The minimum absolute atomic E-state index is 0.0180. The fraction of sp³-hybridized carbons (Fsp3) is 0.500. The Morgan fingerprint density at radius 2 is 1.80 bits per heavy atom. The fourth-order valence-electron chi connectivity index (χ4n) is 2.91. The summed E-state index contributed by atoms with van der Waals surface area (Å²) in [5, 5.41) is 10.3. The van der Waals surface area contributed by atoms with Gasteiger partial charge in [0.05, 0.1) is 11.8 Å². The van der Waals surface area contributed by atoms with Gasteiger partial charge in [0.2, 0.25) is 0 Å². The van der Waals surface area contributed by atoms with Crippen LogP contribution in [0.4, 0.5) is 13.2 Å². The first-order valence-electron chi connectivity index (χ1n) is 8.47. The third kappa shape index (κ3) is 5.06. The quantitative estimate of drug-likeness (QED) is 0.755. The van der Waals surface area contributed by atoms with Crippen LogP contribution in [0.3, 0.4) is 0 Å². The molecule has 1 unspecified atom stereocenters. The highest BCUT2D eigenvalue weighted by molar-refractivity contribution is 5.27. The number of H-pyrrole nitrogens is 1. The van der Waals surface area contributed by atoms with E-state index < -0.39 is 11.7 Å². The van der Waals surface area contributed by atoms with Crippen molar-refractivity contribution >= 4 is 0 Å². The molecular weight excluding hydrogens is 329 g/mol. The molecule has 0 bridgehead atoms. The number of halogens is 3. The lowest BCUT2D eigenvalue weighted by Gasteiger charge is -2.30. The van der Waals surface area contributed by atoms with Crippen LogP contribution in [0.15, 0.2) is 30.5 Å². The summed E-state index contributed by atoms with van der Waals surface area (Å²) >= 11 is 0. The van der Waals surface area contributed by atoms with Crippen molar-refractivity contribution in [3.05, 3.63) is 52.8 Å². The number of nitrogens with zero attached hydrogens (tertiary/aromatic N) is 2. The second-order valence-electron chi connectivity index (χ2n) is 6.01. The summed E-state index contributed by atoms with van der Waals surface area (Å²) < 4.78 is 38.3. The first-order valence-corrected chi connectivity index (χ1v) is 8.47. The third-order valence-corrected chi connectivity index (χ3v) is 4.46. The highest BCUT2D eigenvalue weighted by Crippen LogP contribution is 2.30. The second-order valence-corrected chi connectivity index (χ2v) is 6.01. The van der Waals surface area contributed by atoms with E-state index in [1.54, 1.807) is 18.3 Å². The van der Waals surface area contributed by atoms with E-state index in [1.807, 2.05) is 6.92 Å². The van der Waals surface area contributed by atoms with Crippen molar-refractivity contribution in [2.24, 2.45) is 0 Å². The molecule has 2 rings (SSSR count). The molecule has 25 heavy (non-hydrogen) atoms. The van der Waals surface area contributed by atoms with Crippen LogP contribution in [0.5, 0.6) is 0 Å². The maximum absolute atomic E-state index is 12.8. The number of aromatic amines is 1. The molecule has 0 aliphatic heterocycles. The molecule has 0 aliphatic rings. The van der Waals surface area contributed by atoms with Gasteiger partial charge in [0.25, 0.3) is 0 Å². The van der Waals surface area contributed by atoms with Gasteiger partial charge < -0.3 is 5.32 Å². The van der Waals surface area contributed by atoms with E-state index in [1.165, 1.54) is 0 Å². The maximum atomic E-state index is 12.8. The molecule has 0 fully saturated rings. The number of hydrogen-bond donors (Lipinski definition) is 2. The Morgan fingerprint density at radius 1 is 1.16 bits per heavy atom. The van der Waals surface area contributed by atoms with Gasteiger partial charge in [0.15, 0.2) is 0 Å². The van der Waals surface area contributed by atoms with Crippen molar-refractivity contribution in [1.82, 2.24) is 20.4 Å². The summed E-state index contributed by atoms with van der Waals surface area (Å²) in [6.45, 7) is 9.05. The SMILES string of the molecule is CCN(CC)C(CNCc1cn[nH]c1C)c1ccc(C(F)(F)F)cc1. The van der Waals surface area contributed by atoms with Crippen molar-refractivity contribution in [3.8, 4) is 0 Å². The second kappa shape index (κ2) is 8.49. The van der Waals surface area contributed by atoms with Gasteiger partial charge in [-0.15, -0.1) is 0 Å². The van der Waals surface area contributed by atoms with E-state index in [0.29, 0.717) is 13.1 Å². The molecule has 138 valence electrons. The Bertz CT molecular complexity index is 645. The predicted molar refractivity (Wildman–Crippen MR) is 92.1 cm³/mol.